The molecular formula is C24H31BrN4O2. The molecule has 0 aliphatic carbocycles. The van der Waals surface area contributed by atoms with E-state index in [0.29, 0.717) is 24.6 Å². The summed E-state index contributed by atoms with van der Waals surface area (Å²) in [6, 6.07) is 7.91. The fourth-order valence-electron chi connectivity index (χ4n) is 4.82. The highest BCUT2D eigenvalue weighted by Crippen LogP contribution is 2.26. The summed E-state index contributed by atoms with van der Waals surface area (Å²) in [6.45, 7) is 6.89. The normalized spacial score (nSPS) is 18.2. The van der Waals surface area contributed by atoms with Crippen LogP contribution >= 0.6 is 15.9 Å². The number of halogens is 1. The molecule has 2 aromatic rings. The molecule has 1 aromatic carbocycles. The summed E-state index contributed by atoms with van der Waals surface area (Å²) < 4.78 is 2.84. The van der Waals surface area contributed by atoms with Crippen LogP contribution in [0.25, 0.3) is 5.69 Å². The number of amides is 2. The number of carbonyl (C=O) groups excluding carboxylic acids is 2. The van der Waals surface area contributed by atoms with Gasteiger partial charge >= 0.3 is 0 Å². The van der Waals surface area contributed by atoms with Gasteiger partial charge in [0.15, 0.2) is 0 Å². The number of rotatable bonds is 3. The van der Waals surface area contributed by atoms with Gasteiger partial charge in [0.2, 0.25) is 5.91 Å². The monoisotopic (exact) mass is 486 g/mol. The lowest BCUT2D eigenvalue weighted by Gasteiger charge is -2.34. The highest BCUT2D eigenvalue weighted by molar-refractivity contribution is 9.10. The molecule has 2 amide bonds. The molecule has 6 nitrogen and oxygen atoms in total. The predicted molar refractivity (Wildman–Crippen MR) is 124 cm³/mol. The number of hydrogen-bond acceptors (Lipinski definition) is 3. The fourth-order valence-corrected chi connectivity index (χ4v) is 5.09. The zero-order chi connectivity index (χ0) is 22.0. The van der Waals surface area contributed by atoms with E-state index in [1.807, 2.05) is 47.7 Å². The van der Waals surface area contributed by atoms with Crippen molar-refractivity contribution < 1.29 is 9.59 Å². The second-order valence-corrected chi connectivity index (χ2v) is 9.66. The summed E-state index contributed by atoms with van der Waals surface area (Å²) in [7, 11) is 0. The van der Waals surface area contributed by atoms with E-state index < -0.39 is 0 Å². The molecular weight excluding hydrogens is 456 g/mol. The zero-order valence-corrected chi connectivity index (χ0v) is 20.0. The summed E-state index contributed by atoms with van der Waals surface area (Å²) in [5.41, 5.74) is 3.21. The Bertz CT molecular complexity index is 937. The first-order valence-electron chi connectivity index (χ1n) is 11.4. The molecule has 2 fully saturated rings. The van der Waals surface area contributed by atoms with Crippen molar-refractivity contribution in [3.63, 3.8) is 0 Å². The SMILES string of the molecule is Cc1nn(-c2ccc(Br)cc2)c(C)c1C(=O)N1CCC(C(=O)N2CCCCCC2)CC1. The van der Waals surface area contributed by atoms with Gasteiger partial charge in [0.1, 0.15) is 0 Å². The van der Waals surface area contributed by atoms with Gasteiger partial charge in [-0.25, -0.2) is 4.68 Å². The third kappa shape index (κ3) is 4.71. The number of piperidine rings is 1. The molecule has 166 valence electrons. The lowest BCUT2D eigenvalue weighted by Crippen LogP contribution is -2.44. The van der Waals surface area contributed by atoms with Crippen molar-refractivity contribution in [2.24, 2.45) is 5.92 Å². The standard InChI is InChI=1S/C24H31BrN4O2/c1-17-22(18(2)29(26-17)21-9-7-20(25)8-10-21)24(31)28-15-11-19(12-16-28)23(30)27-13-5-3-4-6-14-27/h7-10,19H,3-6,11-16H2,1-2H3. The van der Waals surface area contributed by atoms with E-state index in [-0.39, 0.29) is 11.8 Å². The maximum atomic E-state index is 13.3. The quantitative estimate of drug-likeness (QED) is 0.641. The van der Waals surface area contributed by atoms with Crippen LogP contribution in [0.4, 0.5) is 0 Å². The van der Waals surface area contributed by atoms with E-state index in [2.05, 4.69) is 25.9 Å². The van der Waals surface area contributed by atoms with Gasteiger partial charge in [-0.1, -0.05) is 28.8 Å². The van der Waals surface area contributed by atoms with E-state index in [4.69, 9.17) is 0 Å². The summed E-state index contributed by atoms with van der Waals surface area (Å²) in [5, 5.41) is 4.63. The molecule has 1 aromatic heterocycles. The molecule has 4 rings (SSSR count). The third-order valence-corrected chi connectivity index (χ3v) is 7.15. The summed E-state index contributed by atoms with van der Waals surface area (Å²) in [5.74, 6) is 0.373. The average molecular weight is 487 g/mol. The molecule has 2 aliphatic rings. The Balaban J connectivity index is 1.43. The van der Waals surface area contributed by atoms with Crippen molar-refractivity contribution in [1.29, 1.82) is 0 Å². The Morgan fingerprint density at radius 2 is 1.52 bits per heavy atom. The van der Waals surface area contributed by atoms with Crippen LogP contribution in [0, 0.1) is 19.8 Å². The minimum absolute atomic E-state index is 0.0269. The molecule has 0 radical (unpaired) electrons. The van der Waals surface area contributed by atoms with E-state index >= 15 is 0 Å². The molecule has 7 heteroatoms. The summed E-state index contributed by atoms with van der Waals surface area (Å²) >= 11 is 3.46. The molecule has 0 atom stereocenters. The fraction of sp³-hybridized carbons (Fsp3) is 0.542. The Morgan fingerprint density at radius 1 is 0.903 bits per heavy atom. The highest BCUT2D eigenvalue weighted by Gasteiger charge is 2.32. The van der Waals surface area contributed by atoms with Gasteiger partial charge in [0, 0.05) is 36.6 Å². The Hall–Kier alpha value is -2.15. The largest absolute Gasteiger partial charge is 0.342 e. The first-order valence-corrected chi connectivity index (χ1v) is 12.1. The summed E-state index contributed by atoms with van der Waals surface area (Å²) in [4.78, 5) is 30.2. The van der Waals surface area contributed by atoms with Crippen LogP contribution in [-0.2, 0) is 4.79 Å². The molecule has 2 aliphatic heterocycles. The van der Waals surface area contributed by atoms with Gasteiger partial charge < -0.3 is 9.80 Å². The Labute approximate surface area is 192 Å². The number of nitrogens with zero attached hydrogens (tertiary/aromatic N) is 4. The second kappa shape index (κ2) is 9.55. The van der Waals surface area contributed by atoms with E-state index in [9.17, 15) is 9.59 Å². The van der Waals surface area contributed by atoms with Crippen molar-refractivity contribution in [1.82, 2.24) is 19.6 Å². The van der Waals surface area contributed by atoms with Crippen LogP contribution in [-0.4, -0.2) is 57.6 Å². The topological polar surface area (TPSA) is 58.4 Å². The maximum absolute atomic E-state index is 13.3. The number of aromatic nitrogens is 2. The smallest absolute Gasteiger partial charge is 0.257 e. The van der Waals surface area contributed by atoms with E-state index in [1.165, 1.54) is 12.8 Å². The zero-order valence-electron chi connectivity index (χ0n) is 18.4. The number of aryl methyl sites for hydroxylation is 1. The van der Waals surface area contributed by atoms with Crippen molar-refractivity contribution in [2.75, 3.05) is 26.2 Å². The number of benzene rings is 1. The van der Waals surface area contributed by atoms with Crippen molar-refractivity contribution in [3.8, 4) is 5.69 Å². The molecule has 0 saturated carbocycles. The molecule has 3 heterocycles. The summed E-state index contributed by atoms with van der Waals surface area (Å²) in [6.07, 6.45) is 6.18. The first kappa shape index (κ1) is 22.1. The molecule has 0 bridgehead atoms. The molecule has 0 N–H and O–H groups in total. The van der Waals surface area contributed by atoms with Gasteiger partial charge in [0.25, 0.3) is 5.91 Å². The molecule has 0 unspecified atom stereocenters. The van der Waals surface area contributed by atoms with E-state index in [1.54, 1.807) is 0 Å². The molecule has 31 heavy (non-hydrogen) atoms. The third-order valence-electron chi connectivity index (χ3n) is 6.63. The van der Waals surface area contributed by atoms with Crippen LogP contribution in [0.2, 0.25) is 0 Å². The van der Waals surface area contributed by atoms with Crippen LogP contribution in [0.5, 0.6) is 0 Å². The first-order chi connectivity index (χ1) is 15.0. The number of hydrogen-bond donors (Lipinski definition) is 0. The van der Waals surface area contributed by atoms with Crippen LogP contribution in [0.1, 0.15) is 60.3 Å². The van der Waals surface area contributed by atoms with Crippen LogP contribution in [0.3, 0.4) is 0 Å². The van der Waals surface area contributed by atoms with Gasteiger partial charge in [-0.3, -0.25) is 9.59 Å². The van der Waals surface area contributed by atoms with Crippen molar-refractivity contribution in [2.45, 2.75) is 52.4 Å². The molecule has 0 spiro atoms. The second-order valence-electron chi connectivity index (χ2n) is 8.74. The molecule has 2 saturated heterocycles. The average Bonchev–Trinajstić information content (AvgIpc) is 2.95. The number of likely N-dealkylation sites (tertiary alicyclic amines) is 2. The highest BCUT2D eigenvalue weighted by atomic mass is 79.9. The van der Waals surface area contributed by atoms with Crippen LogP contribution in [0.15, 0.2) is 28.7 Å². The number of carbonyl (C=O) groups is 2. The van der Waals surface area contributed by atoms with E-state index in [0.717, 1.165) is 60.3 Å². The van der Waals surface area contributed by atoms with Crippen molar-refractivity contribution in [3.05, 3.63) is 45.7 Å². The van der Waals surface area contributed by atoms with Crippen LogP contribution < -0.4 is 0 Å². The van der Waals surface area contributed by atoms with Gasteiger partial charge in [-0.2, -0.15) is 5.10 Å². The van der Waals surface area contributed by atoms with Gasteiger partial charge in [0.05, 0.1) is 22.6 Å². The minimum atomic E-state index is 0.0269. The van der Waals surface area contributed by atoms with Gasteiger partial charge in [-0.05, 0) is 63.8 Å². The van der Waals surface area contributed by atoms with Crippen molar-refractivity contribution >= 4 is 27.7 Å². The lowest BCUT2D eigenvalue weighted by atomic mass is 9.94. The Kier molecular flexibility index (Phi) is 6.80. The predicted octanol–water partition coefficient (Wildman–Crippen LogP) is 4.51. The minimum Gasteiger partial charge on any atom is -0.342 e. The maximum Gasteiger partial charge on any atom is 0.257 e. The van der Waals surface area contributed by atoms with Gasteiger partial charge in [-0.15, -0.1) is 0 Å². The Morgan fingerprint density at radius 3 is 2.13 bits per heavy atom. The lowest BCUT2D eigenvalue weighted by molar-refractivity contribution is -0.136.